The zero-order valence-corrected chi connectivity index (χ0v) is 17.8. The molecular weight excluding hydrogens is 376 g/mol. The number of esters is 1. The molecule has 0 spiro atoms. The van der Waals surface area contributed by atoms with E-state index < -0.39 is 35.5 Å². The van der Waals surface area contributed by atoms with Crippen molar-refractivity contribution in [3.05, 3.63) is 11.6 Å². The lowest BCUT2D eigenvalue weighted by atomic mass is 9.62. The van der Waals surface area contributed by atoms with Crippen LogP contribution in [-0.2, 0) is 23.8 Å². The van der Waals surface area contributed by atoms with Crippen molar-refractivity contribution < 1.29 is 34.0 Å². The molecule has 0 amide bonds. The van der Waals surface area contributed by atoms with Crippen LogP contribution in [0.3, 0.4) is 0 Å². The van der Waals surface area contributed by atoms with Crippen molar-refractivity contribution in [1.29, 1.82) is 0 Å². The lowest BCUT2D eigenvalue weighted by Gasteiger charge is -2.43. The molecule has 0 aromatic rings. The van der Waals surface area contributed by atoms with Gasteiger partial charge in [0.1, 0.15) is 17.3 Å². The number of ketones is 1. The highest BCUT2D eigenvalue weighted by molar-refractivity contribution is 5.94. The SMILES string of the molecule is CC(=O)O[C@H]1C[C@H](O)[C@@]2(C)OC[C@@H](C)[C@@H]3C(=O)C=C(C)[C@H]4[C@@H]3[C@H]2O[C@@H]4C[C@]1(C)O. The Balaban J connectivity index is 1.85. The van der Waals surface area contributed by atoms with Gasteiger partial charge in [-0.25, -0.2) is 0 Å². The molecule has 4 aliphatic rings. The summed E-state index contributed by atoms with van der Waals surface area (Å²) in [5, 5.41) is 22.5. The van der Waals surface area contributed by atoms with Crippen molar-refractivity contribution >= 4 is 11.8 Å². The van der Waals surface area contributed by atoms with Gasteiger partial charge in [-0.1, -0.05) is 12.5 Å². The van der Waals surface area contributed by atoms with E-state index in [1.54, 1.807) is 13.0 Å². The van der Waals surface area contributed by atoms with Gasteiger partial charge in [0.05, 0.1) is 24.9 Å². The van der Waals surface area contributed by atoms with E-state index >= 15 is 0 Å². The summed E-state index contributed by atoms with van der Waals surface area (Å²) in [6.07, 6.45) is -0.772. The maximum atomic E-state index is 12.9. The van der Waals surface area contributed by atoms with Gasteiger partial charge in [-0.2, -0.15) is 0 Å². The molecule has 3 heterocycles. The fourth-order valence-electron chi connectivity index (χ4n) is 6.15. The number of rotatable bonds is 1. The van der Waals surface area contributed by atoms with Crippen LogP contribution in [0.25, 0.3) is 0 Å². The van der Waals surface area contributed by atoms with Crippen LogP contribution in [0.15, 0.2) is 11.6 Å². The molecule has 7 heteroatoms. The summed E-state index contributed by atoms with van der Waals surface area (Å²) in [5.74, 6) is -0.832. The molecule has 10 atom stereocenters. The monoisotopic (exact) mass is 408 g/mol. The van der Waals surface area contributed by atoms with Crippen LogP contribution in [-0.4, -0.2) is 64.2 Å². The minimum Gasteiger partial charge on any atom is -0.459 e. The Kier molecular flexibility index (Phi) is 4.97. The molecule has 0 radical (unpaired) electrons. The summed E-state index contributed by atoms with van der Waals surface area (Å²) < 4.78 is 18.2. The second-order valence-electron chi connectivity index (χ2n) is 9.90. The first-order valence-corrected chi connectivity index (χ1v) is 10.5. The van der Waals surface area contributed by atoms with E-state index in [1.807, 2.05) is 20.8 Å². The average Bonchev–Trinajstić information content (AvgIpc) is 2.92. The molecule has 2 N–H and O–H groups in total. The number of carbonyl (C=O) groups is 2. The highest BCUT2D eigenvalue weighted by Crippen LogP contribution is 2.55. The van der Waals surface area contributed by atoms with Gasteiger partial charge in [-0.3, -0.25) is 9.59 Å². The molecule has 2 bridgehead atoms. The first-order valence-electron chi connectivity index (χ1n) is 10.5. The predicted octanol–water partition coefficient (Wildman–Crippen LogP) is 1.39. The van der Waals surface area contributed by atoms with E-state index in [0.717, 1.165) is 5.57 Å². The number of aliphatic hydroxyl groups is 2. The Labute approximate surface area is 171 Å². The predicted molar refractivity (Wildman–Crippen MR) is 103 cm³/mol. The minimum absolute atomic E-state index is 0.0104. The Bertz CT molecular complexity index is 743. The topological polar surface area (TPSA) is 102 Å². The highest BCUT2D eigenvalue weighted by Gasteiger charge is 2.64. The maximum absolute atomic E-state index is 12.9. The average molecular weight is 408 g/mol. The highest BCUT2D eigenvalue weighted by atomic mass is 16.6. The van der Waals surface area contributed by atoms with Gasteiger partial charge < -0.3 is 24.4 Å². The van der Waals surface area contributed by atoms with Gasteiger partial charge in [-0.05, 0) is 32.8 Å². The summed E-state index contributed by atoms with van der Waals surface area (Å²) in [7, 11) is 0. The van der Waals surface area contributed by atoms with Gasteiger partial charge in [0.15, 0.2) is 5.78 Å². The van der Waals surface area contributed by atoms with E-state index in [4.69, 9.17) is 14.2 Å². The van der Waals surface area contributed by atoms with Crippen molar-refractivity contribution in [2.75, 3.05) is 6.61 Å². The minimum atomic E-state index is -1.39. The van der Waals surface area contributed by atoms with Crippen molar-refractivity contribution in [3.8, 4) is 0 Å². The van der Waals surface area contributed by atoms with Crippen LogP contribution in [0.4, 0.5) is 0 Å². The molecule has 0 unspecified atom stereocenters. The molecule has 0 aromatic carbocycles. The smallest absolute Gasteiger partial charge is 0.303 e. The molecule has 1 aliphatic carbocycles. The summed E-state index contributed by atoms with van der Waals surface area (Å²) in [6.45, 7) is 9.01. The molecule has 0 aromatic heterocycles. The molecule has 0 saturated carbocycles. The van der Waals surface area contributed by atoms with E-state index in [2.05, 4.69) is 0 Å². The fraction of sp³-hybridized carbons (Fsp3) is 0.818. The number of hydrogen-bond donors (Lipinski definition) is 2. The molecule has 162 valence electrons. The lowest BCUT2D eigenvalue weighted by molar-refractivity contribution is -0.191. The summed E-state index contributed by atoms with van der Waals surface area (Å²) in [5.41, 5.74) is -1.52. The van der Waals surface area contributed by atoms with Crippen LogP contribution in [0.2, 0.25) is 0 Å². The van der Waals surface area contributed by atoms with Gasteiger partial charge in [0.25, 0.3) is 0 Å². The molecule has 4 rings (SSSR count). The maximum Gasteiger partial charge on any atom is 0.303 e. The lowest BCUT2D eigenvalue weighted by Crippen LogP contribution is -2.57. The van der Waals surface area contributed by atoms with Gasteiger partial charge in [-0.15, -0.1) is 0 Å². The number of hydrogen-bond acceptors (Lipinski definition) is 7. The van der Waals surface area contributed by atoms with Gasteiger partial charge in [0.2, 0.25) is 0 Å². The Morgan fingerprint density at radius 3 is 2.66 bits per heavy atom. The molecular formula is C22H32O7. The van der Waals surface area contributed by atoms with Gasteiger partial charge >= 0.3 is 5.97 Å². The van der Waals surface area contributed by atoms with Crippen LogP contribution >= 0.6 is 0 Å². The standard InChI is InChI=1S/C22H32O7/c1-10-6-13(24)17-11(2)9-27-22(5)15(25)7-16(28-12(3)23)21(4,26)8-14-18(10)19(17)20(22)29-14/h6,11,14-20,25-26H,7-9H2,1-5H3/t11-,14-,15+,16+,17-,18-,19-,20-,21+,22-/m1/s1. The third-order valence-electron chi connectivity index (χ3n) is 7.68. The van der Waals surface area contributed by atoms with Crippen LogP contribution in [0, 0.1) is 23.7 Å². The Hall–Kier alpha value is -1.28. The number of carbonyl (C=O) groups excluding carboxylic acids is 2. The summed E-state index contributed by atoms with van der Waals surface area (Å²) in [4.78, 5) is 24.6. The van der Waals surface area contributed by atoms with Crippen molar-refractivity contribution in [3.63, 3.8) is 0 Å². The number of fused-ring (bicyclic) bond motifs is 2. The Morgan fingerprint density at radius 2 is 2.00 bits per heavy atom. The zero-order valence-electron chi connectivity index (χ0n) is 17.8. The summed E-state index contributed by atoms with van der Waals surface area (Å²) >= 11 is 0. The fourth-order valence-corrected chi connectivity index (χ4v) is 6.15. The quantitative estimate of drug-likeness (QED) is 0.632. The van der Waals surface area contributed by atoms with Crippen molar-refractivity contribution in [1.82, 2.24) is 0 Å². The number of aliphatic hydroxyl groups excluding tert-OH is 1. The first kappa shape index (κ1) is 21.0. The molecule has 3 fully saturated rings. The number of ether oxygens (including phenoxy) is 3. The van der Waals surface area contributed by atoms with Gasteiger partial charge in [0, 0.05) is 37.5 Å². The molecule has 3 aliphatic heterocycles. The van der Waals surface area contributed by atoms with E-state index in [0.29, 0.717) is 6.61 Å². The van der Waals surface area contributed by atoms with Crippen LogP contribution in [0.5, 0.6) is 0 Å². The second-order valence-corrected chi connectivity index (χ2v) is 9.90. The van der Waals surface area contributed by atoms with Crippen LogP contribution < -0.4 is 0 Å². The van der Waals surface area contributed by atoms with E-state index in [-0.39, 0.29) is 48.4 Å². The van der Waals surface area contributed by atoms with E-state index in [1.165, 1.54) is 6.92 Å². The second kappa shape index (κ2) is 6.87. The number of allylic oxidation sites excluding steroid dienone is 1. The van der Waals surface area contributed by atoms with Crippen molar-refractivity contribution in [2.45, 2.75) is 83.1 Å². The molecule has 29 heavy (non-hydrogen) atoms. The third kappa shape index (κ3) is 3.17. The van der Waals surface area contributed by atoms with E-state index in [9.17, 15) is 19.8 Å². The normalized spacial score (nSPS) is 52.0. The largest absolute Gasteiger partial charge is 0.459 e. The molecule has 7 nitrogen and oxygen atoms in total. The van der Waals surface area contributed by atoms with Crippen LogP contribution in [0.1, 0.15) is 47.5 Å². The zero-order chi connectivity index (χ0) is 21.3. The van der Waals surface area contributed by atoms with Crippen molar-refractivity contribution in [2.24, 2.45) is 23.7 Å². The third-order valence-corrected chi connectivity index (χ3v) is 7.68. The first-order chi connectivity index (χ1) is 13.5. The molecule has 3 saturated heterocycles. The Morgan fingerprint density at radius 1 is 1.31 bits per heavy atom. The summed E-state index contributed by atoms with van der Waals surface area (Å²) in [6, 6.07) is 0.